The Hall–Kier alpha value is -2.39. The molecule has 2 aromatic rings. The summed E-state index contributed by atoms with van der Waals surface area (Å²) in [7, 11) is 0. The molecule has 0 spiro atoms. The Balaban J connectivity index is 2.04. The number of carbonyl (C=O) groups excluding carboxylic acids is 1. The number of halogens is 2. The van der Waals surface area contributed by atoms with E-state index in [4.69, 9.17) is 27.9 Å². The summed E-state index contributed by atoms with van der Waals surface area (Å²) in [5, 5.41) is 15.3. The number of rotatable bonds is 5. The van der Waals surface area contributed by atoms with Gasteiger partial charge in [-0.1, -0.05) is 53.5 Å². The second-order valence-electron chi connectivity index (χ2n) is 8.38. The van der Waals surface area contributed by atoms with Gasteiger partial charge in [-0.3, -0.25) is 0 Å². The Morgan fingerprint density at radius 3 is 2.41 bits per heavy atom. The van der Waals surface area contributed by atoms with Crippen LogP contribution in [0.25, 0.3) is 0 Å². The first-order valence-corrected chi connectivity index (χ1v) is 11.8. The molecule has 1 unspecified atom stereocenters. The van der Waals surface area contributed by atoms with Gasteiger partial charge in [0.1, 0.15) is 5.60 Å². The number of hydrogen-bond donors (Lipinski definition) is 1. The molecule has 1 atom stereocenters. The summed E-state index contributed by atoms with van der Waals surface area (Å²) < 4.78 is 5.68. The molecule has 166 valence electrons. The van der Waals surface area contributed by atoms with Crippen LogP contribution < -0.4 is 5.32 Å². The number of nitrogens with one attached hydrogen (secondary N) is 1. The molecule has 32 heavy (non-hydrogen) atoms. The van der Waals surface area contributed by atoms with Crippen LogP contribution in [0.1, 0.15) is 44.7 Å². The largest absolute Gasteiger partial charge is 0.457 e. The molecule has 4 nitrogen and oxygen atoms in total. The maximum absolute atomic E-state index is 13.2. The second-order valence-corrected chi connectivity index (χ2v) is 10.2. The van der Waals surface area contributed by atoms with Gasteiger partial charge in [0.2, 0.25) is 0 Å². The number of dihydropyridines is 1. The first-order chi connectivity index (χ1) is 15.1. The number of esters is 1. The van der Waals surface area contributed by atoms with Crippen LogP contribution in [0.3, 0.4) is 0 Å². The highest BCUT2D eigenvalue weighted by Crippen LogP contribution is 2.42. The van der Waals surface area contributed by atoms with Gasteiger partial charge in [-0.2, -0.15) is 5.26 Å². The Labute approximate surface area is 203 Å². The number of allylic oxidation sites excluding steroid dienone is 2. The zero-order valence-electron chi connectivity index (χ0n) is 18.3. The average molecular weight is 487 g/mol. The lowest BCUT2D eigenvalue weighted by atomic mass is 9.82. The fraction of sp³-hybridized carbons (Fsp3) is 0.280. The van der Waals surface area contributed by atoms with Gasteiger partial charge in [-0.05, 0) is 57.0 Å². The third-order valence-electron chi connectivity index (χ3n) is 4.80. The lowest BCUT2D eigenvalue weighted by molar-refractivity contribution is -0.150. The predicted octanol–water partition coefficient (Wildman–Crippen LogP) is 6.96. The van der Waals surface area contributed by atoms with E-state index in [9.17, 15) is 10.1 Å². The Bertz CT molecular complexity index is 1130. The first kappa shape index (κ1) is 24.3. The van der Waals surface area contributed by atoms with E-state index in [1.54, 1.807) is 12.1 Å². The first-order valence-electron chi connectivity index (χ1n) is 10.1. The second kappa shape index (κ2) is 10.0. The molecule has 0 amide bonds. The van der Waals surface area contributed by atoms with E-state index in [2.05, 4.69) is 11.4 Å². The minimum absolute atomic E-state index is 0.417. The maximum atomic E-state index is 13.2. The summed E-state index contributed by atoms with van der Waals surface area (Å²) in [4.78, 5) is 13.2. The molecule has 0 aliphatic carbocycles. The van der Waals surface area contributed by atoms with Gasteiger partial charge in [0.05, 0.1) is 28.2 Å². The number of thioether (sulfide) groups is 1. The van der Waals surface area contributed by atoms with Gasteiger partial charge in [0.25, 0.3) is 0 Å². The summed E-state index contributed by atoms with van der Waals surface area (Å²) >= 11 is 13.9. The molecule has 1 N–H and O–H groups in total. The number of hydrogen-bond acceptors (Lipinski definition) is 5. The molecule has 0 fully saturated rings. The van der Waals surface area contributed by atoms with Crippen molar-refractivity contribution in [2.75, 3.05) is 0 Å². The molecule has 1 aliphatic heterocycles. The molecule has 0 aromatic heterocycles. The van der Waals surface area contributed by atoms with Gasteiger partial charge in [0.15, 0.2) is 0 Å². The van der Waals surface area contributed by atoms with Crippen LogP contribution in [-0.4, -0.2) is 11.6 Å². The van der Waals surface area contributed by atoms with Crippen LogP contribution in [-0.2, 0) is 15.3 Å². The molecule has 0 saturated carbocycles. The van der Waals surface area contributed by atoms with Crippen LogP contribution >= 0.6 is 35.0 Å². The van der Waals surface area contributed by atoms with E-state index < -0.39 is 17.5 Å². The highest BCUT2D eigenvalue weighted by Gasteiger charge is 2.36. The minimum atomic E-state index is -0.662. The molecule has 7 heteroatoms. The van der Waals surface area contributed by atoms with Crippen molar-refractivity contribution in [3.05, 3.63) is 91.6 Å². The van der Waals surface area contributed by atoms with E-state index >= 15 is 0 Å². The van der Waals surface area contributed by atoms with E-state index in [0.29, 0.717) is 37.7 Å². The van der Waals surface area contributed by atoms with E-state index in [1.807, 2.05) is 64.1 Å². The van der Waals surface area contributed by atoms with Crippen molar-refractivity contribution >= 4 is 40.9 Å². The summed E-state index contributed by atoms with van der Waals surface area (Å²) in [5.74, 6) is -0.442. The van der Waals surface area contributed by atoms with Crippen molar-refractivity contribution < 1.29 is 9.53 Å². The van der Waals surface area contributed by atoms with Crippen molar-refractivity contribution in [2.45, 2.75) is 45.0 Å². The molecule has 1 heterocycles. The predicted molar refractivity (Wildman–Crippen MR) is 131 cm³/mol. The van der Waals surface area contributed by atoms with Gasteiger partial charge in [-0.15, -0.1) is 11.8 Å². The third-order valence-corrected chi connectivity index (χ3v) is 6.49. The lowest BCUT2D eigenvalue weighted by Crippen LogP contribution is -2.32. The normalized spacial score (nSPS) is 16.5. The molecule has 0 bridgehead atoms. The fourth-order valence-corrected chi connectivity index (χ4v) is 4.89. The topological polar surface area (TPSA) is 62.1 Å². The molecule has 1 aliphatic rings. The average Bonchev–Trinajstić information content (AvgIpc) is 2.72. The SMILES string of the molecule is CC1=C(C(=O)OC(C)(C)C)C(c2ccc(Cl)cc2)C(C#N)=C(SCc2ccccc2Cl)N1. The number of benzene rings is 2. The number of carbonyl (C=O) groups is 1. The van der Waals surface area contributed by atoms with Crippen molar-refractivity contribution in [2.24, 2.45) is 0 Å². The van der Waals surface area contributed by atoms with Crippen LogP contribution in [0.4, 0.5) is 0 Å². The van der Waals surface area contributed by atoms with Crippen molar-refractivity contribution in [3.63, 3.8) is 0 Å². The van der Waals surface area contributed by atoms with Crippen LogP contribution in [0, 0.1) is 11.3 Å². The Morgan fingerprint density at radius 2 is 1.81 bits per heavy atom. The molecule has 0 saturated heterocycles. The number of nitriles is 1. The van der Waals surface area contributed by atoms with Gasteiger partial charge in [-0.25, -0.2) is 4.79 Å². The minimum Gasteiger partial charge on any atom is -0.457 e. The quantitative estimate of drug-likeness (QED) is 0.462. The Morgan fingerprint density at radius 1 is 1.16 bits per heavy atom. The number of nitrogens with zero attached hydrogens (tertiary/aromatic N) is 1. The van der Waals surface area contributed by atoms with Crippen molar-refractivity contribution in [3.8, 4) is 6.07 Å². The van der Waals surface area contributed by atoms with Gasteiger partial charge in [0, 0.05) is 21.5 Å². The molecule has 3 rings (SSSR count). The van der Waals surface area contributed by atoms with Crippen molar-refractivity contribution in [1.29, 1.82) is 5.26 Å². The monoisotopic (exact) mass is 486 g/mol. The van der Waals surface area contributed by atoms with Crippen molar-refractivity contribution in [1.82, 2.24) is 5.32 Å². The highest BCUT2D eigenvalue weighted by atomic mass is 35.5. The summed E-state index contributed by atoms with van der Waals surface area (Å²) in [5.41, 5.74) is 2.62. The van der Waals surface area contributed by atoms with Gasteiger partial charge < -0.3 is 10.1 Å². The smallest absolute Gasteiger partial charge is 0.337 e. The van der Waals surface area contributed by atoms with Gasteiger partial charge >= 0.3 is 5.97 Å². The summed E-state index contributed by atoms with van der Waals surface area (Å²) in [6.07, 6.45) is 0. The third kappa shape index (κ3) is 5.69. The number of ether oxygens (including phenoxy) is 1. The van der Waals surface area contributed by atoms with Crippen LogP contribution in [0.15, 0.2) is 70.4 Å². The summed E-state index contributed by atoms with van der Waals surface area (Å²) in [6, 6.07) is 17.1. The lowest BCUT2D eigenvalue weighted by Gasteiger charge is -2.31. The standard InChI is InChI=1S/C25H24Cl2N2O2S/c1-15-21(24(30)31-25(2,3)4)22(16-9-11-18(26)12-10-16)19(13-28)23(29-15)32-14-17-7-5-6-8-20(17)27/h5-12,22,29H,14H2,1-4H3. The molecular formula is C25H24Cl2N2O2S. The zero-order chi connectivity index (χ0) is 23.5. The van der Waals surface area contributed by atoms with E-state index in [1.165, 1.54) is 11.8 Å². The fourth-order valence-electron chi connectivity index (χ4n) is 3.38. The maximum Gasteiger partial charge on any atom is 0.337 e. The molecule has 2 aromatic carbocycles. The highest BCUT2D eigenvalue weighted by molar-refractivity contribution is 8.02. The van der Waals surface area contributed by atoms with Crippen LogP contribution in [0.5, 0.6) is 0 Å². The summed E-state index contributed by atoms with van der Waals surface area (Å²) in [6.45, 7) is 7.28. The molecule has 0 radical (unpaired) electrons. The van der Waals surface area contributed by atoms with E-state index in [-0.39, 0.29) is 0 Å². The Kier molecular flexibility index (Phi) is 7.61. The molecular weight excluding hydrogens is 463 g/mol. The van der Waals surface area contributed by atoms with E-state index in [0.717, 1.165) is 11.1 Å². The zero-order valence-corrected chi connectivity index (χ0v) is 20.7. The van der Waals surface area contributed by atoms with Crippen LogP contribution in [0.2, 0.25) is 10.0 Å².